The van der Waals surface area contributed by atoms with Crippen LogP contribution in [0.3, 0.4) is 0 Å². The third-order valence-electron chi connectivity index (χ3n) is 4.22. The molecule has 0 aliphatic heterocycles. The lowest BCUT2D eigenvalue weighted by Gasteiger charge is -2.17. The van der Waals surface area contributed by atoms with Crippen molar-refractivity contribution in [1.29, 1.82) is 0 Å². The van der Waals surface area contributed by atoms with Crippen LogP contribution in [0.1, 0.15) is 59.6 Å². The minimum absolute atomic E-state index is 0.0360. The number of anilines is 1. The molecule has 2 aromatic rings. The summed E-state index contributed by atoms with van der Waals surface area (Å²) in [5.74, 6) is 2.17. The van der Waals surface area contributed by atoms with Gasteiger partial charge in [0, 0.05) is 13.1 Å². The molecule has 0 atom stereocenters. The van der Waals surface area contributed by atoms with Gasteiger partial charge in [-0.3, -0.25) is 0 Å². The van der Waals surface area contributed by atoms with Crippen molar-refractivity contribution < 1.29 is 14.2 Å². The minimum atomic E-state index is 0.0360. The van der Waals surface area contributed by atoms with Crippen molar-refractivity contribution >= 4 is 5.82 Å². The average Bonchev–Trinajstić information content (AvgIpc) is 2.71. The maximum atomic E-state index is 5.90. The number of unbranched alkanes of at least 4 members (excludes halogenated alkanes) is 2. The van der Waals surface area contributed by atoms with Crippen molar-refractivity contribution in [2.45, 2.75) is 66.4 Å². The molecule has 29 heavy (non-hydrogen) atoms. The predicted octanol–water partition coefficient (Wildman–Crippen LogP) is 4.90. The predicted molar refractivity (Wildman–Crippen MR) is 116 cm³/mol. The molecule has 0 saturated carbocycles. The summed E-state index contributed by atoms with van der Waals surface area (Å²) in [7, 11) is 1.82. The molecule has 0 fully saturated rings. The standard InChI is InChI=1S/C22H34N4O3/c1-7-10-11-14-28-22-20(23-6)26-19(17(8-2)24-22)16-12-13-18(29-15(4)5)25-21(16)27-9-3/h12-13,15H,7-11,14H2,1-6H3,(H,23,26). The molecule has 1 N–H and O–H groups in total. The number of ether oxygens (including phenoxy) is 3. The van der Waals surface area contributed by atoms with Gasteiger partial charge < -0.3 is 19.5 Å². The highest BCUT2D eigenvalue weighted by Gasteiger charge is 2.19. The fourth-order valence-electron chi connectivity index (χ4n) is 2.86. The van der Waals surface area contributed by atoms with Gasteiger partial charge in [-0.15, -0.1) is 0 Å². The van der Waals surface area contributed by atoms with E-state index < -0.39 is 0 Å². The van der Waals surface area contributed by atoms with Crippen LogP contribution in [0.15, 0.2) is 12.1 Å². The van der Waals surface area contributed by atoms with Crippen molar-refractivity contribution in [1.82, 2.24) is 15.0 Å². The maximum Gasteiger partial charge on any atom is 0.257 e. The molecule has 2 heterocycles. The molecule has 0 bridgehead atoms. The highest BCUT2D eigenvalue weighted by molar-refractivity contribution is 5.70. The third-order valence-corrected chi connectivity index (χ3v) is 4.22. The molecular weight excluding hydrogens is 368 g/mol. The zero-order chi connectivity index (χ0) is 21.2. The fraction of sp³-hybridized carbons (Fsp3) is 0.591. The second-order valence-electron chi connectivity index (χ2n) is 6.93. The lowest BCUT2D eigenvalue weighted by molar-refractivity contribution is 0.227. The summed E-state index contributed by atoms with van der Waals surface area (Å²) in [5, 5.41) is 3.10. The molecule has 0 aliphatic rings. The van der Waals surface area contributed by atoms with Crippen molar-refractivity contribution in [2.24, 2.45) is 0 Å². The fourth-order valence-corrected chi connectivity index (χ4v) is 2.86. The van der Waals surface area contributed by atoms with Crippen LogP contribution in [-0.4, -0.2) is 41.3 Å². The Morgan fingerprint density at radius 3 is 2.38 bits per heavy atom. The molecule has 0 aliphatic carbocycles. The van der Waals surface area contributed by atoms with Crippen LogP contribution in [0.2, 0.25) is 0 Å². The van der Waals surface area contributed by atoms with E-state index in [2.05, 4.69) is 24.1 Å². The van der Waals surface area contributed by atoms with E-state index in [9.17, 15) is 0 Å². The highest BCUT2D eigenvalue weighted by atomic mass is 16.5. The number of aryl methyl sites for hydroxylation is 1. The number of rotatable bonds is 12. The number of aromatic nitrogens is 3. The first kappa shape index (κ1) is 22.7. The first-order valence-corrected chi connectivity index (χ1v) is 10.6. The quantitative estimate of drug-likeness (QED) is 0.506. The van der Waals surface area contributed by atoms with Gasteiger partial charge in [-0.05, 0) is 39.7 Å². The van der Waals surface area contributed by atoms with Gasteiger partial charge in [-0.2, -0.15) is 4.98 Å². The Morgan fingerprint density at radius 2 is 1.76 bits per heavy atom. The van der Waals surface area contributed by atoms with Gasteiger partial charge in [0.25, 0.3) is 5.88 Å². The van der Waals surface area contributed by atoms with Crippen LogP contribution < -0.4 is 19.5 Å². The van der Waals surface area contributed by atoms with Gasteiger partial charge in [0.2, 0.25) is 11.8 Å². The Labute approximate surface area is 174 Å². The van der Waals surface area contributed by atoms with Gasteiger partial charge in [0.1, 0.15) is 0 Å². The normalized spacial score (nSPS) is 10.9. The molecule has 160 valence electrons. The van der Waals surface area contributed by atoms with E-state index in [1.807, 2.05) is 40.0 Å². The SMILES string of the molecule is CCCCCOc1nc(CC)c(-c2ccc(OC(C)C)nc2OCC)nc1NC. The Balaban J connectivity index is 2.44. The minimum Gasteiger partial charge on any atom is -0.477 e. The number of nitrogens with one attached hydrogen (secondary N) is 1. The highest BCUT2D eigenvalue weighted by Crippen LogP contribution is 2.34. The van der Waals surface area contributed by atoms with Crippen molar-refractivity contribution in [3.63, 3.8) is 0 Å². The number of pyridine rings is 1. The van der Waals surface area contributed by atoms with Gasteiger partial charge in [-0.1, -0.05) is 26.7 Å². The summed E-state index contributed by atoms with van der Waals surface area (Å²) < 4.78 is 17.4. The molecule has 0 saturated heterocycles. The van der Waals surface area contributed by atoms with Crippen LogP contribution in [0.25, 0.3) is 11.3 Å². The first-order valence-electron chi connectivity index (χ1n) is 10.6. The van der Waals surface area contributed by atoms with E-state index in [1.54, 1.807) is 0 Å². The zero-order valence-electron chi connectivity index (χ0n) is 18.5. The Morgan fingerprint density at radius 1 is 0.966 bits per heavy atom. The maximum absolute atomic E-state index is 5.90. The number of hydrogen-bond acceptors (Lipinski definition) is 7. The van der Waals surface area contributed by atoms with E-state index in [-0.39, 0.29) is 6.10 Å². The molecule has 2 rings (SSSR count). The van der Waals surface area contributed by atoms with Crippen LogP contribution in [0.5, 0.6) is 17.6 Å². The summed E-state index contributed by atoms with van der Waals surface area (Å²) >= 11 is 0. The summed E-state index contributed by atoms with van der Waals surface area (Å²) in [5.41, 5.74) is 2.38. The molecule has 0 radical (unpaired) electrons. The van der Waals surface area contributed by atoms with Gasteiger partial charge in [0.05, 0.1) is 36.3 Å². The second kappa shape index (κ2) is 11.4. The largest absolute Gasteiger partial charge is 0.477 e. The van der Waals surface area contributed by atoms with E-state index in [1.165, 1.54) is 0 Å². The summed E-state index contributed by atoms with van der Waals surface area (Å²) in [6.45, 7) is 11.2. The van der Waals surface area contributed by atoms with Crippen LogP contribution in [0, 0.1) is 0 Å². The summed E-state index contributed by atoms with van der Waals surface area (Å²) in [6.07, 6.45) is 4.04. The molecule has 0 spiro atoms. The molecule has 7 heteroatoms. The second-order valence-corrected chi connectivity index (χ2v) is 6.93. The van der Waals surface area contributed by atoms with Crippen molar-refractivity contribution in [2.75, 3.05) is 25.6 Å². The molecule has 0 aromatic carbocycles. The first-order chi connectivity index (χ1) is 14.0. The lowest BCUT2D eigenvalue weighted by Crippen LogP contribution is -2.10. The Hall–Kier alpha value is -2.57. The topological polar surface area (TPSA) is 78.4 Å². The average molecular weight is 403 g/mol. The summed E-state index contributed by atoms with van der Waals surface area (Å²) in [4.78, 5) is 14.1. The lowest BCUT2D eigenvalue weighted by atomic mass is 10.1. The van der Waals surface area contributed by atoms with E-state index in [4.69, 9.17) is 24.2 Å². The molecule has 2 aromatic heterocycles. The van der Waals surface area contributed by atoms with E-state index >= 15 is 0 Å². The molecule has 7 nitrogen and oxygen atoms in total. The molecule has 0 amide bonds. The number of hydrogen-bond donors (Lipinski definition) is 1. The van der Waals surface area contributed by atoms with E-state index in [0.29, 0.717) is 43.1 Å². The summed E-state index contributed by atoms with van der Waals surface area (Å²) in [6, 6.07) is 3.77. The monoisotopic (exact) mass is 402 g/mol. The molecular formula is C22H34N4O3. The Kier molecular flexibility index (Phi) is 8.96. The van der Waals surface area contributed by atoms with Crippen molar-refractivity contribution in [3.05, 3.63) is 17.8 Å². The van der Waals surface area contributed by atoms with Gasteiger partial charge in [-0.25, -0.2) is 9.97 Å². The van der Waals surface area contributed by atoms with E-state index in [0.717, 1.165) is 36.2 Å². The molecule has 0 unspecified atom stereocenters. The van der Waals surface area contributed by atoms with Gasteiger partial charge in [0.15, 0.2) is 5.82 Å². The van der Waals surface area contributed by atoms with Crippen LogP contribution >= 0.6 is 0 Å². The third kappa shape index (κ3) is 6.21. The van der Waals surface area contributed by atoms with Gasteiger partial charge >= 0.3 is 0 Å². The zero-order valence-corrected chi connectivity index (χ0v) is 18.5. The van der Waals surface area contributed by atoms with Crippen LogP contribution in [0.4, 0.5) is 5.82 Å². The number of nitrogens with zero attached hydrogens (tertiary/aromatic N) is 3. The van der Waals surface area contributed by atoms with Crippen molar-refractivity contribution in [3.8, 4) is 28.9 Å². The van der Waals surface area contributed by atoms with Crippen LogP contribution in [-0.2, 0) is 6.42 Å². The smallest absolute Gasteiger partial charge is 0.257 e. The Bertz CT molecular complexity index is 781.